The van der Waals surface area contributed by atoms with E-state index in [-0.39, 0.29) is 0 Å². The Morgan fingerprint density at radius 3 is 2.65 bits per heavy atom. The standard InChI is InChI=1S/C12H13BrClN3/c1-6-15-10(7-4-3-5-7)8-9(13)11(14)17(2)12(8)16-6/h7H,3-5H2,1-2H3. The molecule has 3 nitrogen and oxygen atoms in total. The fourth-order valence-electron chi connectivity index (χ4n) is 2.35. The van der Waals surface area contributed by atoms with Crippen molar-refractivity contribution in [2.75, 3.05) is 0 Å². The smallest absolute Gasteiger partial charge is 0.146 e. The number of fused-ring (bicyclic) bond motifs is 1. The van der Waals surface area contributed by atoms with Crippen LogP contribution in [0.25, 0.3) is 11.0 Å². The van der Waals surface area contributed by atoms with Gasteiger partial charge in [-0.15, -0.1) is 0 Å². The summed E-state index contributed by atoms with van der Waals surface area (Å²) < 4.78 is 2.84. The molecule has 0 atom stereocenters. The van der Waals surface area contributed by atoms with Crippen LogP contribution in [0.3, 0.4) is 0 Å². The number of hydrogen-bond acceptors (Lipinski definition) is 2. The molecule has 2 aromatic heterocycles. The van der Waals surface area contributed by atoms with E-state index >= 15 is 0 Å². The molecule has 2 heterocycles. The summed E-state index contributed by atoms with van der Waals surface area (Å²) in [7, 11) is 1.94. The van der Waals surface area contributed by atoms with Crippen LogP contribution < -0.4 is 0 Å². The largest absolute Gasteiger partial charge is 0.318 e. The van der Waals surface area contributed by atoms with E-state index in [1.165, 1.54) is 19.3 Å². The van der Waals surface area contributed by atoms with E-state index in [1.54, 1.807) is 0 Å². The molecule has 1 aliphatic rings. The van der Waals surface area contributed by atoms with Crippen molar-refractivity contribution in [2.45, 2.75) is 32.1 Å². The first-order chi connectivity index (χ1) is 8.09. The molecule has 0 aliphatic heterocycles. The van der Waals surface area contributed by atoms with E-state index in [2.05, 4.69) is 25.9 Å². The van der Waals surface area contributed by atoms with Crippen LogP contribution in [0.4, 0.5) is 0 Å². The first kappa shape index (κ1) is 11.5. The molecular weight excluding hydrogens is 302 g/mol. The zero-order valence-corrected chi connectivity index (χ0v) is 12.1. The van der Waals surface area contributed by atoms with Crippen LogP contribution in [0, 0.1) is 6.92 Å². The van der Waals surface area contributed by atoms with Crippen LogP contribution in [0.5, 0.6) is 0 Å². The molecule has 5 heteroatoms. The van der Waals surface area contributed by atoms with Gasteiger partial charge in [-0.2, -0.15) is 0 Å². The van der Waals surface area contributed by atoms with Gasteiger partial charge in [-0.05, 0) is 35.7 Å². The normalized spacial score (nSPS) is 16.5. The van der Waals surface area contributed by atoms with Gasteiger partial charge in [0.1, 0.15) is 16.6 Å². The second-order valence-electron chi connectivity index (χ2n) is 4.65. The number of nitrogens with zero attached hydrogens (tertiary/aromatic N) is 3. The molecule has 0 spiro atoms. The lowest BCUT2D eigenvalue weighted by molar-refractivity contribution is 0.413. The lowest BCUT2D eigenvalue weighted by Crippen LogP contribution is -2.12. The van der Waals surface area contributed by atoms with Crippen molar-refractivity contribution in [2.24, 2.45) is 7.05 Å². The molecule has 1 fully saturated rings. The molecule has 2 aromatic rings. The lowest BCUT2D eigenvalue weighted by Gasteiger charge is -2.25. The minimum atomic E-state index is 0.578. The summed E-state index contributed by atoms with van der Waals surface area (Å²) in [6.07, 6.45) is 3.75. The van der Waals surface area contributed by atoms with Gasteiger partial charge in [-0.25, -0.2) is 9.97 Å². The van der Waals surface area contributed by atoms with Crippen molar-refractivity contribution in [3.63, 3.8) is 0 Å². The van der Waals surface area contributed by atoms with E-state index in [9.17, 15) is 0 Å². The summed E-state index contributed by atoms with van der Waals surface area (Å²) in [5.74, 6) is 1.40. The Hall–Kier alpha value is -0.610. The molecule has 0 bridgehead atoms. The number of rotatable bonds is 1. The van der Waals surface area contributed by atoms with Crippen molar-refractivity contribution in [1.29, 1.82) is 0 Å². The van der Waals surface area contributed by atoms with E-state index < -0.39 is 0 Å². The second kappa shape index (κ2) is 3.95. The summed E-state index contributed by atoms with van der Waals surface area (Å²) in [6.45, 7) is 1.94. The average molecular weight is 315 g/mol. The molecule has 3 rings (SSSR count). The lowest BCUT2D eigenvalue weighted by atomic mass is 9.82. The number of aryl methyl sites for hydroxylation is 2. The van der Waals surface area contributed by atoms with Gasteiger partial charge in [-0.1, -0.05) is 18.0 Å². The average Bonchev–Trinajstić information content (AvgIpc) is 2.41. The number of hydrogen-bond donors (Lipinski definition) is 0. The Morgan fingerprint density at radius 2 is 2.06 bits per heavy atom. The Kier molecular flexibility index (Phi) is 2.67. The molecule has 90 valence electrons. The third-order valence-electron chi connectivity index (χ3n) is 3.53. The highest BCUT2D eigenvalue weighted by Gasteiger charge is 2.27. The maximum atomic E-state index is 6.26. The summed E-state index contributed by atoms with van der Waals surface area (Å²) in [6, 6.07) is 0. The molecule has 0 aromatic carbocycles. The molecule has 1 saturated carbocycles. The minimum Gasteiger partial charge on any atom is -0.318 e. The van der Waals surface area contributed by atoms with Gasteiger partial charge < -0.3 is 4.57 Å². The van der Waals surface area contributed by atoms with E-state index in [0.29, 0.717) is 11.1 Å². The molecule has 1 aliphatic carbocycles. The van der Waals surface area contributed by atoms with Gasteiger partial charge >= 0.3 is 0 Å². The van der Waals surface area contributed by atoms with Crippen LogP contribution in [0.2, 0.25) is 5.15 Å². The summed E-state index contributed by atoms with van der Waals surface area (Å²) in [5, 5.41) is 1.79. The quantitative estimate of drug-likeness (QED) is 0.797. The zero-order chi connectivity index (χ0) is 12.2. The molecular formula is C12H13BrClN3. The molecule has 0 amide bonds. The van der Waals surface area contributed by atoms with Crippen molar-refractivity contribution in [3.8, 4) is 0 Å². The highest BCUT2D eigenvalue weighted by atomic mass is 79.9. The first-order valence-corrected chi connectivity index (χ1v) is 6.94. The van der Waals surface area contributed by atoms with Gasteiger partial charge in [0.15, 0.2) is 0 Å². The van der Waals surface area contributed by atoms with Crippen molar-refractivity contribution in [3.05, 3.63) is 21.1 Å². The minimum absolute atomic E-state index is 0.578. The summed E-state index contributed by atoms with van der Waals surface area (Å²) in [5.41, 5.74) is 2.09. The zero-order valence-electron chi connectivity index (χ0n) is 9.80. The van der Waals surface area contributed by atoms with E-state index in [1.807, 2.05) is 18.5 Å². The van der Waals surface area contributed by atoms with Gasteiger partial charge in [0.2, 0.25) is 0 Å². The SMILES string of the molecule is Cc1nc(C2CCC2)c2c(Br)c(Cl)n(C)c2n1. The number of aromatic nitrogens is 3. The molecule has 0 N–H and O–H groups in total. The predicted molar refractivity (Wildman–Crippen MR) is 72.5 cm³/mol. The topological polar surface area (TPSA) is 30.7 Å². The van der Waals surface area contributed by atoms with Crippen LogP contribution in [0.1, 0.15) is 36.7 Å². The van der Waals surface area contributed by atoms with Gasteiger partial charge in [0, 0.05) is 13.0 Å². The fraction of sp³-hybridized carbons (Fsp3) is 0.500. The Labute approximate surface area is 113 Å². The number of halogens is 2. The third kappa shape index (κ3) is 1.61. The Bertz CT molecular complexity index is 602. The first-order valence-electron chi connectivity index (χ1n) is 5.77. The van der Waals surface area contributed by atoms with Crippen LogP contribution in [-0.2, 0) is 7.05 Å². The third-order valence-corrected chi connectivity index (χ3v) is 4.98. The summed E-state index contributed by atoms with van der Waals surface area (Å²) in [4.78, 5) is 9.12. The van der Waals surface area contributed by atoms with Crippen molar-refractivity contribution < 1.29 is 0 Å². The van der Waals surface area contributed by atoms with Gasteiger partial charge in [0.05, 0.1) is 15.6 Å². The van der Waals surface area contributed by atoms with Crippen LogP contribution in [-0.4, -0.2) is 14.5 Å². The maximum absolute atomic E-state index is 6.26. The van der Waals surface area contributed by atoms with Crippen LogP contribution >= 0.6 is 27.5 Å². The molecule has 17 heavy (non-hydrogen) atoms. The van der Waals surface area contributed by atoms with Gasteiger partial charge in [0.25, 0.3) is 0 Å². The summed E-state index contributed by atoms with van der Waals surface area (Å²) >= 11 is 9.83. The van der Waals surface area contributed by atoms with E-state index in [4.69, 9.17) is 11.6 Å². The molecule has 0 radical (unpaired) electrons. The second-order valence-corrected chi connectivity index (χ2v) is 5.80. The van der Waals surface area contributed by atoms with Crippen molar-refractivity contribution in [1.82, 2.24) is 14.5 Å². The fourth-order valence-corrected chi connectivity index (χ4v) is 3.17. The Morgan fingerprint density at radius 1 is 1.35 bits per heavy atom. The van der Waals surface area contributed by atoms with E-state index in [0.717, 1.165) is 27.0 Å². The van der Waals surface area contributed by atoms with Gasteiger partial charge in [-0.3, -0.25) is 0 Å². The predicted octanol–water partition coefficient (Wildman–Crippen LogP) is 3.96. The highest BCUT2D eigenvalue weighted by molar-refractivity contribution is 9.10. The van der Waals surface area contributed by atoms with Crippen molar-refractivity contribution >= 4 is 38.6 Å². The monoisotopic (exact) mass is 313 g/mol. The van der Waals surface area contributed by atoms with Crippen LogP contribution in [0.15, 0.2) is 4.47 Å². The molecule has 0 unspecified atom stereocenters. The Balaban J connectivity index is 2.36. The highest BCUT2D eigenvalue weighted by Crippen LogP contribution is 2.42. The molecule has 0 saturated heterocycles. The maximum Gasteiger partial charge on any atom is 0.146 e.